The van der Waals surface area contributed by atoms with Crippen molar-refractivity contribution in [3.63, 3.8) is 0 Å². The van der Waals surface area contributed by atoms with Crippen molar-refractivity contribution in [2.24, 2.45) is 0 Å². The van der Waals surface area contributed by atoms with Gasteiger partial charge in [0.1, 0.15) is 0 Å². The van der Waals surface area contributed by atoms with Gasteiger partial charge in [-0.2, -0.15) is 0 Å². The Labute approximate surface area is 87.3 Å². The highest BCUT2D eigenvalue weighted by Crippen LogP contribution is 2.16. The van der Waals surface area contributed by atoms with Crippen LogP contribution in [0, 0.1) is 0 Å². The summed E-state index contributed by atoms with van der Waals surface area (Å²) in [7, 11) is 0. The Morgan fingerprint density at radius 3 is 2.57 bits per heavy atom. The molecule has 3 nitrogen and oxygen atoms in total. The summed E-state index contributed by atoms with van der Waals surface area (Å²) in [4.78, 5) is 0. The molecule has 3 N–H and O–H groups in total. The van der Waals surface area contributed by atoms with Crippen LogP contribution in [-0.2, 0) is 0 Å². The minimum atomic E-state index is 0.250. The first-order chi connectivity index (χ1) is 6.86. The summed E-state index contributed by atoms with van der Waals surface area (Å²) in [6.07, 6.45) is 6.47. The summed E-state index contributed by atoms with van der Waals surface area (Å²) in [5.41, 5.74) is 0. The highest BCUT2D eigenvalue weighted by molar-refractivity contribution is 4.74. The maximum atomic E-state index is 8.95. The van der Waals surface area contributed by atoms with Crippen LogP contribution in [0.4, 0.5) is 0 Å². The number of aliphatic hydroxyl groups excluding tert-OH is 1. The lowest BCUT2D eigenvalue weighted by Crippen LogP contribution is -2.39. The van der Waals surface area contributed by atoms with Crippen LogP contribution in [0.1, 0.15) is 39.0 Å². The molecule has 1 atom stereocenters. The fourth-order valence-electron chi connectivity index (χ4n) is 2.02. The van der Waals surface area contributed by atoms with Crippen molar-refractivity contribution in [2.75, 3.05) is 19.7 Å². The number of hydrogen-bond acceptors (Lipinski definition) is 3. The van der Waals surface area contributed by atoms with E-state index in [0.29, 0.717) is 0 Å². The van der Waals surface area contributed by atoms with Crippen LogP contribution < -0.4 is 10.6 Å². The predicted molar refractivity (Wildman–Crippen MR) is 59.4 cm³/mol. The van der Waals surface area contributed by atoms with Crippen molar-refractivity contribution >= 4 is 0 Å². The Morgan fingerprint density at radius 1 is 1.29 bits per heavy atom. The topological polar surface area (TPSA) is 44.3 Å². The Balaban J connectivity index is 1.92. The summed E-state index contributed by atoms with van der Waals surface area (Å²) >= 11 is 0. The minimum absolute atomic E-state index is 0.250. The lowest BCUT2D eigenvalue weighted by molar-refractivity contribution is 0.239. The van der Waals surface area contributed by atoms with E-state index < -0.39 is 0 Å². The third kappa shape index (κ3) is 4.40. The van der Waals surface area contributed by atoms with Crippen LogP contribution >= 0.6 is 0 Å². The molecule has 84 valence electrons. The maximum absolute atomic E-state index is 8.95. The Bertz CT molecular complexity index is 127. The summed E-state index contributed by atoms with van der Waals surface area (Å²) in [6.45, 7) is 4.34. The fourth-order valence-corrected chi connectivity index (χ4v) is 2.02. The normalized spacial score (nSPS) is 20.1. The molecule has 0 aromatic rings. The largest absolute Gasteiger partial charge is 0.395 e. The lowest BCUT2D eigenvalue weighted by Gasteiger charge is -2.16. The van der Waals surface area contributed by atoms with Crippen LogP contribution in [0.5, 0.6) is 0 Å². The molecule has 0 bridgehead atoms. The van der Waals surface area contributed by atoms with Gasteiger partial charge in [-0.05, 0) is 19.3 Å². The SMILES string of the molecule is CCC(CO)NCCNC1CCCC1. The summed E-state index contributed by atoms with van der Waals surface area (Å²) in [5, 5.41) is 15.8. The smallest absolute Gasteiger partial charge is 0.0584 e. The summed E-state index contributed by atoms with van der Waals surface area (Å²) in [6, 6.07) is 1.03. The average molecular weight is 200 g/mol. The van der Waals surface area contributed by atoms with Gasteiger partial charge in [-0.3, -0.25) is 0 Å². The molecule has 0 spiro atoms. The van der Waals surface area contributed by atoms with Gasteiger partial charge in [-0.1, -0.05) is 19.8 Å². The van der Waals surface area contributed by atoms with Gasteiger partial charge in [-0.15, -0.1) is 0 Å². The number of rotatable bonds is 7. The second-order valence-corrected chi connectivity index (χ2v) is 4.18. The Hall–Kier alpha value is -0.120. The zero-order chi connectivity index (χ0) is 10.2. The second kappa shape index (κ2) is 7.21. The molecule has 1 aliphatic carbocycles. The van der Waals surface area contributed by atoms with E-state index in [9.17, 15) is 0 Å². The van der Waals surface area contributed by atoms with E-state index in [-0.39, 0.29) is 12.6 Å². The molecular weight excluding hydrogens is 176 g/mol. The van der Waals surface area contributed by atoms with Gasteiger partial charge in [0.15, 0.2) is 0 Å². The zero-order valence-electron chi connectivity index (χ0n) is 9.26. The van der Waals surface area contributed by atoms with Crippen molar-refractivity contribution in [2.45, 2.75) is 51.1 Å². The van der Waals surface area contributed by atoms with E-state index in [4.69, 9.17) is 5.11 Å². The molecule has 0 amide bonds. The highest BCUT2D eigenvalue weighted by atomic mass is 16.3. The fraction of sp³-hybridized carbons (Fsp3) is 1.00. The van der Waals surface area contributed by atoms with Crippen LogP contribution in [0.2, 0.25) is 0 Å². The molecule has 1 unspecified atom stereocenters. The molecule has 14 heavy (non-hydrogen) atoms. The van der Waals surface area contributed by atoms with Crippen molar-refractivity contribution in [3.05, 3.63) is 0 Å². The molecule has 0 saturated heterocycles. The van der Waals surface area contributed by atoms with E-state index >= 15 is 0 Å². The molecule has 0 aromatic carbocycles. The van der Waals surface area contributed by atoms with Crippen molar-refractivity contribution in [1.82, 2.24) is 10.6 Å². The Kier molecular flexibility index (Phi) is 6.15. The monoisotopic (exact) mass is 200 g/mol. The van der Waals surface area contributed by atoms with Crippen LogP contribution in [0.15, 0.2) is 0 Å². The molecule has 0 aliphatic heterocycles. The summed E-state index contributed by atoms with van der Waals surface area (Å²) < 4.78 is 0. The van der Waals surface area contributed by atoms with E-state index in [1.165, 1.54) is 25.7 Å². The average Bonchev–Trinajstić information content (AvgIpc) is 2.71. The van der Waals surface area contributed by atoms with E-state index in [0.717, 1.165) is 25.6 Å². The number of hydrogen-bond donors (Lipinski definition) is 3. The van der Waals surface area contributed by atoms with Gasteiger partial charge >= 0.3 is 0 Å². The van der Waals surface area contributed by atoms with Crippen molar-refractivity contribution in [3.8, 4) is 0 Å². The first-order valence-corrected chi connectivity index (χ1v) is 5.94. The van der Waals surface area contributed by atoms with Crippen LogP contribution in [0.25, 0.3) is 0 Å². The highest BCUT2D eigenvalue weighted by Gasteiger charge is 2.13. The van der Waals surface area contributed by atoms with Crippen LogP contribution in [-0.4, -0.2) is 36.9 Å². The number of aliphatic hydroxyl groups is 1. The molecule has 1 aliphatic rings. The van der Waals surface area contributed by atoms with Gasteiger partial charge in [0.25, 0.3) is 0 Å². The Morgan fingerprint density at radius 2 is 2.00 bits per heavy atom. The molecule has 0 heterocycles. The quantitative estimate of drug-likeness (QED) is 0.535. The number of nitrogens with one attached hydrogen (secondary N) is 2. The maximum Gasteiger partial charge on any atom is 0.0584 e. The van der Waals surface area contributed by atoms with Gasteiger partial charge in [-0.25, -0.2) is 0 Å². The van der Waals surface area contributed by atoms with Gasteiger partial charge in [0.05, 0.1) is 6.61 Å². The lowest BCUT2D eigenvalue weighted by atomic mass is 10.2. The van der Waals surface area contributed by atoms with Gasteiger partial charge in [0.2, 0.25) is 0 Å². The van der Waals surface area contributed by atoms with E-state index in [1.807, 2.05) is 0 Å². The van der Waals surface area contributed by atoms with E-state index in [1.54, 1.807) is 0 Å². The molecule has 0 aromatic heterocycles. The molecule has 1 saturated carbocycles. The molecule has 1 rings (SSSR count). The third-order valence-corrected chi connectivity index (χ3v) is 3.06. The van der Waals surface area contributed by atoms with Crippen molar-refractivity contribution < 1.29 is 5.11 Å². The van der Waals surface area contributed by atoms with Gasteiger partial charge < -0.3 is 15.7 Å². The predicted octanol–water partition coefficient (Wildman–Crippen LogP) is 0.879. The van der Waals surface area contributed by atoms with Crippen LogP contribution in [0.3, 0.4) is 0 Å². The standard InChI is InChI=1S/C11H24N2O/c1-2-10(9-14)12-7-8-13-11-5-3-4-6-11/h10-14H,2-9H2,1H3. The minimum Gasteiger partial charge on any atom is -0.395 e. The molecule has 0 radical (unpaired) electrons. The zero-order valence-corrected chi connectivity index (χ0v) is 9.26. The summed E-state index contributed by atoms with van der Waals surface area (Å²) in [5.74, 6) is 0. The molecule has 3 heteroatoms. The third-order valence-electron chi connectivity index (χ3n) is 3.06. The molecule has 1 fully saturated rings. The van der Waals surface area contributed by atoms with Gasteiger partial charge in [0, 0.05) is 25.2 Å². The molecular formula is C11H24N2O. The second-order valence-electron chi connectivity index (χ2n) is 4.18. The first kappa shape index (κ1) is 12.0. The first-order valence-electron chi connectivity index (χ1n) is 5.94. The van der Waals surface area contributed by atoms with Crippen molar-refractivity contribution in [1.29, 1.82) is 0 Å². The van der Waals surface area contributed by atoms with E-state index in [2.05, 4.69) is 17.6 Å².